The summed E-state index contributed by atoms with van der Waals surface area (Å²) < 4.78 is 14.5. The summed E-state index contributed by atoms with van der Waals surface area (Å²) in [5.41, 5.74) is 1.74. The average molecular weight is 492 g/mol. The maximum atomic E-state index is 11.9. The summed E-state index contributed by atoms with van der Waals surface area (Å²) in [5, 5.41) is 24.7. The van der Waals surface area contributed by atoms with Gasteiger partial charge in [0, 0.05) is 32.7 Å². The highest BCUT2D eigenvalue weighted by molar-refractivity contribution is 5.94. The number of ether oxygens (including phenoxy) is 2. The third kappa shape index (κ3) is 4.81. The van der Waals surface area contributed by atoms with Gasteiger partial charge in [0.2, 0.25) is 5.95 Å². The molecule has 0 bridgehead atoms. The van der Waals surface area contributed by atoms with Gasteiger partial charge in [0.25, 0.3) is 0 Å². The minimum Gasteiger partial charge on any atom is -0.494 e. The largest absolute Gasteiger partial charge is 0.494 e. The van der Waals surface area contributed by atoms with Crippen molar-refractivity contribution >= 4 is 29.1 Å². The van der Waals surface area contributed by atoms with Crippen LogP contribution in [0.15, 0.2) is 43.1 Å². The number of para-hydroxylation sites is 1. The van der Waals surface area contributed by atoms with Crippen LogP contribution < -0.4 is 15.4 Å². The summed E-state index contributed by atoms with van der Waals surface area (Å²) in [6.45, 7) is 1.42. The van der Waals surface area contributed by atoms with Gasteiger partial charge in [-0.2, -0.15) is 15.2 Å². The Balaban J connectivity index is 1.43. The number of nitrogens with zero attached hydrogens (tertiary/aromatic N) is 7. The maximum absolute atomic E-state index is 11.9. The smallest absolute Gasteiger partial charge is 0.341 e. The fraction of sp³-hybridized carbons (Fsp3) is 0.304. The number of carboxylic acids is 1. The van der Waals surface area contributed by atoms with Gasteiger partial charge in [-0.05, 0) is 25.0 Å². The lowest BCUT2D eigenvalue weighted by molar-refractivity contribution is 0.0662. The van der Waals surface area contributed by atoms with E-state index in [0.717, 1.165) is 12.8 Å². The summed E-state index contributed by atoms with van der Waals surface area (Å²) in [7, 11) is 3.29. The molecule has 4 aromatic rings. The molecule has 36 heavy (non-hydrogen) atoms. The Morgan fingerprint density at radius 3 is 2.75 bits per heavy atom. The van der Waals surface area contributed by atoms with Gasteiger partial charge in [0.1, 0.15) is 11.9 Å². The van der Waals surface area contributed by atoms with Crippen molar-refractivity contribution in [1.82, 2.24) is 34.5 Å². The Bertz CT molecular complexity index is 1380. The number of benzene rings is 1. The third-order valence-corrected chi connectivity index (χ3v) is 5.75. The second-order valence-electron chi connectivity index (χ2n) is 8.19. The van der Waals surface area contributed by atoms with Crippen LogP contribution in [0.1, 0.15) is 29.2 Å². The summed E-state index contributed by atoms with van der Waals surface area (Å²) in [6, 6.07) is 5.64. The van der Waals surface area contributed by atoms with Crippen LogP contribution in [-0.4, -0.2) is 65.9 Å². The van der Waals surface area contributed by atoms with Crippen LogP contribution in [0.5, 0.6) is 5.75 Å². The van der Waals surface area contributed by atoms with E-state index in [1.54, 1.807) is 36.4 Å². The fourth-order valence-corrected chi connectivity index (χ4v) is 4.00. The van der Waals surface area contributed by atoms with Crippen molar-refractivity contribution < 1.29 is 19.4 Å². The number of hydrogen-bond donors (Lipinski definition) is 3. The minimum atomic E-state index is -1.17. The zero-order valence-corrected chi connectivity index (χ0v) is 19.7. The quantitative estimate of drug-likeness (QED) is 0.333. The van der Waals surface area contributed by atoms with Crippen LogP contribution in [0, 0.1) is 0 Å². The van der Waals surface area contributed by atoms with E-state index in [4.69, 9.17) is 9.47 Å². The molecule has 0 atom stereocenters. The predicted octanol–water partition coefficient (Wildman–Crippen LogP) is 3.01. The zero-order valence-electron chi connectivity index (χ0n) is 19.7. The molecule has 13 heteroatoms. The molecule has 0 radical (unpaired) electrons. The van der Waals surface area contributed by atoms with Gasteiger partial charge in [0.05, 0.1) is 36.3 Å². The normalized spacial score (nSPS) is 13.9. The second-order valence-corrected chi connectivity index (χ2v) is 8.19. The molecule has 186 valence electrons. The molecular weight excluding hydrogens is 466 g/mol. The van der Waals surface area contributed by atoms with Gasteiger partial charge in [-0.25, -0.2) is 14.8 Å². The van der Waals surface area contributed by atoms with E-state index in [-0.39, 0.29) is 23.4 Å². The number of aryl methyl sites for hydroxylation is 1. The van der Waals surface area contributed by atoms with Gasteiger partial charge in [-0.15, -0.1) is 0 Å². The van der Waals surface area contributed by atoms with Gasteiger partial charge < -0.3 is 25.2 Å². The lowest BCUT2D eigenvalue weighted by atomic mass is 10.1. The number of aromatic nitrogens is 7. The minimum absolute atomic E-state index is 0.0955. The summed E-state index contributed by atoms with van der Waals surface area (Å²) in [5.74, 6) is 0.0728. The molecule has 3 aromatic heterocycles. The van der Waals surface area contributed by atoms with E-state index < -0.39 is 5.97 Å². The highest BCUT2D eigenvalue weighted by Gasteiger charge is 2.20. The van der Waals surface area contributed by atoms with E-state index in [1.807, 2.05) is 16.9 Å². The molecule has 0 amide bonds. The van der Waals surface area contributed by atoms with Crippen molar-refractivity contribution in [3.8, 4) is 17.1 Å². The Morgan fingerprint density at radius 2 is 2.03 bits per heavy atom. The first-order valence-corrected chi connectivity index (χ1v) is 11.3. The molecular formula is C23H25N9O4. The van der Waals surface area contributed by atoms with Crippen LogP contribution in [0.3, 0.4) is 0 Å². The van der Waals surface area contributed by atoms with Crippen molar-refractivity contribution in [1.29, 1.82) is 0 Å². The Labute approximate surface area is 206 Å². The van der Waals surface area contributed by atoms with E-state index in [1.165, 1.54) is 13.3 Å². The van der Waals surface area contributed by atoms with Gasteiger partial charge >= 0.3 is 5.97 Å². The first-order valence-electron chi connectivity index (χ1n) is 11.3. The SMILES string of the molecule is COc1c(Nc2nc(Nc3cnn(C4CCOCC4)c3)ncc2C(=O)O)cccc1-c1ncn(C)n1. The number of nitrogens with one attached hydrogen (secondary N) is 2. The molecule has 1 saturated heterocycles. The highest BCUT2D eigenvalue weighted by Crippen LogP contribution is 2.36. The van der Waals surface area contributed by atoms with Crippen molar-refractivity contribution in [3.63, 3.8) is 0 Å². The first-order chi connectivity index (χ1) is 17.5. The number of aromatic carboxylic acids is 1. The lowest BCUT2D eigenvalue weighted by Gasteiger charge is -2.22. The van der Waals surface area contributed by atoms with Crippen molar-refractivity contribution in [2.24, 2.45) is 7.05 Å². The Morgan fingerprint density at radius 1 is 1.19 bits per heavy atom. The zero-order chi connectivity index (χ0) is 25.1. The van der Waals surface area contributed by atoms with Crippen LogP contribution in [0.25, 0.3) is 11.4 Å². The molecule has 0 saturated carbocycles. The summed E-state index contributed by atoms with van der Waals surface area (Å²) in [6.07, 6.45) is 8.19. The molecule has 4 heterocycles. The number of anilines is 4. The molecule has 13 nitrogen and oxygen atoms in total. The number of carbonyl (C=O) groups is 1. The molecule has 1 aromatic carbocycles. The average Bonchev–Trinajstić information content (AvgIpc) is 3.53. The number of rotatable bonds is 8. The van der Waals surface area contributed by atoms with E-state index in [9.17, 15) is 9.90 Å². The van der Waals surface area contributed by atoms with E-state index in [2.05, 4.69) is 35.8 Å². The number of carboxylic acid groups (broad SMARTS) is 1. The van der Waals surface area contributed by atoms with Gasteiger partial charge in [-0.3, -0.25) is 9.36 Å². The van der Waals surface area contributed by atoms with Crippen LogP contribution in [-0.2, 0) is 11.8 Å². The third-order valence-electron chi connectivity index (χ3n) is 5.75. The second kappa shape index (κ2) is 10.00. The molecule has 0 unspecified atom stereocenters. The molecule has 5 rings (SSSR count). The monoisotopic (exact) mass is 491 g/mol. The van der Waals surface area contributed by atoms with Crippen molar-refractivity contribution in [2.45, 2.75) is 18.9 Å². The molecule has 0 spiro atoms. The van der Waals surface area contributed by atoms with Crippen LogP contribution in [0.2, 0.25) is 0 Å². The van der Waals surface area contributed by atoms with E-state index >= 15 is 0 Å². The summed E-state index contributed by atoms with van der Waals surface area (Å²) in [4.78, 5) is 24.8. The van der Waals surface area contributed by atoms with Crippen molar-refractivity contribution in [3.05, 3.63) is 48.7 Å². The number of methoxy groups -OCH3 is 1. The fourth-order valence-electron chi connectivity index (χ4n) is 4.00. The van der Waals surface area contributed by atoms with Gasteiger partial charge in [0.15, 0.2) is 17.4 Å². The lowest BCUT2D eigenvalue weighted by Crippen LogP contribution is -2.19. The molecule has 1 fully saturated rings. The highest BCUT2D eigenvalue weighted by atomic mass is 16.5. The molecule has 0 aliphatic carbocycles. The predicted molar refractivity (Wildman–Crippen MR) is 130 cm³/mol. The first kappa shape index (κ1) is 23.2. The Kier molecular flexibility index (Phi) is 6.45. The van der Waals surface area contributed by atoms with Crippen LogP contribution >= 0.6 is 0 Å². The Hall–Kier alpha value is -4.52. The maximum Gasteiger partial charge on any atom is 0.341 e. The standard InChI is InChI=1S/C23H25N9O4/c1-31-13-25-20(30-31)16-4-3-5-18(19(16)35-2)28-21-17(22(33)34)11-24-23(29-21)27-14-10-26-32(12-14)15-6-8-36-9-7-15/h3-5,10-13,15H,6-9H2,1-2H3,(H,33,34)(H2,24,27,28,29). The summed E-state index contributed by atoms with van der Waals surface area (Å²) >= 11 is 0. The molecule has 1 aliphatic rings. The number of hydrogen-bond acceptors (Lipinski definition) is 10. The topological polar surface area (TPSA) is 154 Å². The van der Waals surface area contributed by atoms with E-state index in [0.29, 0.717) is 41.7 Å². The van der Waals surface area contributed by atoms with Crippen LogP contribution in [0.4, 0.5) is 23.1 Å². The molecule has 1 aliphatic heterocycles. The molecule has 3 N–H and O–H groups in total. The van der Waals surface area contributed by atoms with Gasteiger partial charge in [-0.1, -0.05) is 6.07 Å². The van der Waals surface area contributed by atoms with Crippen molar-refractivity contribution in [2.75, 3.05) is 31.0 Å².